The van der Waals surface area contributed by atoms with E-state index in [0.717, 1.165) is 19.4 Å². The van der Waals surface area contributed by atoms with Gasteiger partial charge in [-0.05, 0) is 27.2 Å². The van der Waals surface area contributed by atoms with Crippen molar-refractivity contribution in [3.05, 3.63) is 29.3 Å². The zero-order valence-corrected chi connectivity index (χ0v) is 16.2. The number of ether oxygens (including phenoxy) is 2. The van der Waals surface area contributed by atoms with Gasteiger partial charge in [0.15, 0.2) is 23.2 Å². The number of carbonyl (C=O) groups excluding carboxylic acids is 3. The fourth-order valence-electron chi connectivity index (χ4n) is 1.93. The average molecular weight is 422 g/mol. The number of halogens is 4. The number of ketones is 1. The van der Waals surface area contributed by atoms with Crippen LogP contribution in [0.4, 0.5) is 22.4 Å². The highest BCUT2D eigenvalue weighted by molar-refractivity contribution is 5.85. The summed E-state index contributed by atoms with van der Waals surface area (Å²) in [6, 6.07) is 0.0173. The number of amides is 2. The smallest absolute Gasteiger partial charge is 0.408 e. The molecule has 2 N–H and O–H groups in total. The van der Waals surface area contributed by atoms with Crippen molar-refractivity contribution in [3.8, 4) is 5.75 Å². The first kappa shape index (κ1) is 24.2. The zero-order chi connectivity index (χ0) is 22.2. The van der Waals surface area contributed by atoms with Gasteiger partial charge in [-0.2, -0.15) is 8.78 Å². The third kappa shape index (κ3) is 8.79. The van der Waals surface area contributed by atoms with Gasteiger partial charge in [-0.15, -0.1) is 0 Å². The standard InChI is InChI=1S/C14H15F4NO4.C4H7NO/c1-14(2,3)23-13(21)19-5-7(20)6-22-12-10(17)8(15)4-9(16)11(12)18;6-4-2-1-3-5-4/h4H,5-6H2,1-3H3,(H,19,21);1-3H2,(H,5,6). The van der Waals surface area contributed by atoms with Crippen LogP contribution in [-0.4, -0.2) is 43.1 Å². The molecule has 1 saturated heterocycles. The van der Waals surface area contributed by atoms with E-state index < -0.39 is 59.6 Å². The largest absolute Gasteiger partial charge is 0.479 e. The molecule has 0 unspecified atom stereocenters. The minimum Gasteiger partial charge on any atom is -0.479 e. The summed E-state index contributed by atoms with van der Waals surface area (Å²) in [5.74, 6) is -8.74. The van der Waals surface area contributed by atoms with Crippen molar-refractivity contribution in [2.24, 2.45) is 0 Å². The summed E-state index contributed by atoms with van der Waals surface area (Å²) in [5, 5.41) is 4.78. The molecule has 2 amide bonds. The van der Waals surface area contributed by atoms with Crippen LogP contribution in [0.1, 0.15) is 33.6 Å². The Kier molecular flexibility index (Phi) is 8.86. The molecule has 0 bridgehead atoms. The molecule has 7 nitrogen and oxygen atoms in total. The molecule has 2 rings (SSSR count). The number of hydrogen-bond acceptors (Lipinski definition) is 5. The Bertz CT molecular complexity index is 731. The molecule has 162 valence electrons. The fraction of sp³-hybridized carbons (Fsp3) is 0.500. The van der Waals surface area contributed by atoms with Crippen LogP contribution in [0, 0.1) is 23.3 Å². The molecule has 1 aromatic rings. The molecular formula is C18H22F4N2O5. The van der Waals surface area contributed by atoms with E-state index in [1.807, 2.05) is 0 Å². The van der Waals surface area contributed by atoms with Gasteiger partial charge in [-0.25, -0.2) is 13.6 Å². The summed E-state index contributed by atoms with van der Waals surface area (Å²) in [7, 11) is 0. The van der Waals surface area contributed by atoms with Crippen molar-refractivity contribution in [2.75, 3.05) is 19.7 Å². The van der Waals surface area contributed by atoms with Gasteiger partial charge in [0.2, 0.25) is 17.5 Å². The monoisotopic (exact) mass is 422 g/mol. The number of nitrogens with one attached hydrogen (secondary N) is 2. The summed E-state index contributed by atoms with van der Waals surface area (Å²) >= 11 is 0. The summed E-state index contributed by atoms with van der Waals surface area (Å²) in [5.41, 5.74) is -0.769. The van der Waals surface area contributed by atoms with Crippen LogP contribution in [0.15, 0.2) is 6.07 Å². The van der Waals surface area contributed by atoms with Crippen LogP contribution >= 0.6 is 0 Å². The minimum atomic E-state index is -1.75. The summed E-state index contributed by atoms with van der Waals surface area (Å²) in [6.45, 7) is 4.28. The van der Waals surface area contributed by atoms with Gasteiger partial charge in [-0.3, -0.25) is 9.59 Å². The van der Waals surface area contributed by atoms with Crippen LogP contribution in [-0.2, 0) is 14.3 Å². The van der Waals surface area contributed by atoms with E-state index in [1.54, 1.807) is 20.8 Å². The molecule has 1 fully saturated rings. The van der Waals surface area contributed by atoms with Gasteiger partial charge in [-0.1, -0.05) is 0 Å². The Morgan fingerprint density at radius 3 is 2.14 bits per heavy atom. The van der Waals surface area contributed by atoms with E-state index in [9.17, 15) is 31.9 Å². The van der Waals surface area contributed by atoms with Gasteiger partial charge in [0.05, 0.1) is 6.54 Å². The van der Waals surface area contributed by atoms with E-state index in [2.05, 4.69) is 15.4 Å². The Hall–Kier alpha value is -2.85. The van der Waals surface area contributed by atoms with Crippen LogP contribution in [0.5, 0.6) is 5.75 Å². The number of Topliss-reactive ketones (excluding diaryl/α,β-unsaturated/α-hetero) is 1. The van der Waals surface area contributed by atoms with Crippen LogP contribution in [0.25, 0.3) is 0 Å². The second-order valence-corrected chi connectivity index (χ2v) is 6.93. The van der Waals surface area contributed by atoms with Crippen LogP contribution < -0.4 is 15.4 Å². The Labute approximate surface area is 164 Å². The molecular weight excluding hydrogens is 400 g/mol. The number of benzene rings is 1. The Morgan fingerprint density at radius 1 is 1.14 bits per heavy atom. The lowest BCUT2D eigenvalue weighted by atomic mass is 10.2. The minimum absolute atomic E-state index is 0.0173. The number of hydrogen-bond donors (Lipinski definition) is 2. The fourth-order valence-corrected chi connectivity index (χ4v) is 1.93. The molecule has 1 heterocycles. The molecule has 0 radical (unpaired) electrons. The molecule has 1 aliphatic heterocycles. The Balaban J connectivity index is 0.000000594. The highest BCUT2D eigenvalue weighted by Crippen LogP contribution is 2.26. The summed E-state index contributed by atoms with van der Waals surface area (Å²) in [4.78, 5) is 32.9. The summed E-state index contributed by atoms with van der Waals surface area (Å²) < 4.78 is 61.8. The van der Waals surface area contributed by atoms with Crippen molar-refractivity contribution < 1.29 is 41.4 Å². The lowest BCUT2D eigenvalue weighted by Gasteiger charge is -2.19. The van der Waals surface area contributed by atoms with E-state index in [0.29, 0.717) is 0 Å². The van der Waals surface area contributed by atoms with Crippen molar-refractivity contribution >= 4 is 17.8 Å². The van der Waals surface area contributed by atoms with Gasteiger partial charge >= 0.3 is 6.09 Å². The molecule has 29 heavy (non-hydrogen) atoms. The average Bonchev–Trinajstić information content (AvgIpc) is 3.08. The first-order valence-corrected chi connectivity index (χ1v) is 8.61. The SMILES string of the molecule is CC(C)(C)OC(=O)NCC(=O)COc1c(F)c(F)cc(F)c1F.O=C1CCCN1. The summed E-state index contributed by atoms with van der Waals surface area (Å²) in [6.07, 6.45) is 0.888. The van der Waals surface area contributed by atoms with Crippen molar-refractivity contribution in [1.82, 2.24) is 10.6 Å². The molecule has 11 heteroatoms. The maximum atomic E-state index is 13.3. The topological polar surface area (TPSA) is 93.7 Å². The third-order valence-electron chi connectivity index (χ3n) is 3.18. The predicted molar refractivity (Wildman–Crippen MR) is 93.3 cm³/mol. The van der Waals surface area contributed by atoms with Crippen LogP contribution in [0.3, 0.4) is 0 Å². The van der Waals surface area contributed by atoms with E-state index in [4.69, 9.17) is 4.74 Å². The lowest BCUT2D eigenvalue weighted by Crippen LogP contribution is -2.36. The molecule has 1 aromatic carbocycles. The number of alkyl carbamates (subject to hydrolysis) is 1. The first-order chi connectivity index (χ1) is 13.4. The maximum Gasteiger partial charge on any atom is 0.408 e. The molecule has 1 aliphatic rings. The van der Waals surface area contributed by atoms with E-state index in [-0.39, 0.29) is 12.0 Å². The second-order valence-electron chi connectivity index (χ2n) is 6.93. The normalized spacial score (nSPS) is 13.1. The Morgan fingerprint density at radius 2 is 1.72 bits per heavy atom. The van der Waals surface area contributed by atoms with Crippen molar-refractivity contribution in [2.45, 2.75) is 39.2 Å². The van der Waals surface area contributed by atoms with E-state index in [1.165, 1.54) is 0 Å². The maximum absolute atomic E-state index is 13.3. The molecule has 0 aromatic heterocycles. The highest BCUT2D eigenvalue weighted by Gasteiger charge is 2.22. The number of carbonyl (C=O) groups is 3. The second kappa shape index (κ2) is 10.6. The van der Waals surface area contributed by atoms with Gasteiger partial charge < -0.3 is 20.1 Å². The zero-order valence-electron chi connectivity index (χ0n) is 16.2. The van der Waals surface area contributed by atoms with Crippen molar-refractivity contribution in [3.63, 3.8) is 0 Å². The predicted octanol–water partition coefficient (Wildman–Crippen LogP) is 2.61. The lowest BCUT2D eigenvalue weighted by molar-refractivity contribution is -0.120. The van der Waals surface area contributed by atoms with Crippen molar-refractivity contribution in [1.29, 1.82) is 0 Å². The van der Waals surface area contributed by atoms with E-state index >= 15 is 0 Å². The number of rotatable bonds is 5. The van der Waals surface area contributed by atoms with Gasteiger partial charge in [0.1, 0.15) is 12.2 Å². The molecule has 0 atom stereocenters. The quantitative estimate of drug-likeness (QED) is 0.562. The highest BCUT2D eigenvalue weighted by atomic mass is 19.2. The van der Waals surface area contributed by atoms with Gasteiger partial charge in [0, 0.05) is 19.0 Å². The molecule has 0 aliphatic carbocycles. The molecule has 0 spiro atoms. The van der Waals surface area contributed by atoms with Gasteiger partial charge in [0.25, 0.3) is 0 Å². The first-order valence-electron chi connectivity index (χ1n) is 8.61. The molecule has 0 saturated carbocycles. The third-order valence-corrected chi connectivity index (χ3v) is 3.18. The van der Waals surface area contributed by atoms with Crippen LogP contribution in [0.2, 0.25) is 0 Å².